The van der Waals surface area contributed by atoms with Crippen molar-refractivity contribution in [3.8, 4) is 17.2 Å². The standard InChI is InChI=1S/C19H19FN2O4/c1-12-4-3-5-13(2)17(12)25-11-16(23)10-22-19(24)26-18(21-22)14-6-8-15(20)9-7-14/h3-9,16,23H,10-11H2,1-2H3/t16-/m0/s1. The van der Waals surface area contributed by atoms with Crippen molar-refractivity contribution in [2.45, 2.75) is 26.5 Å². The van der Waals surface area contributed by atoms with E-state index in [1.807, 2.05) is 32.0 Å². The highest BCUT2D eigenvalue weighted by Gasteiger charge is 2.15. The smallest absolute Gasteiger partial charge is 0.437 e. The molecule has 136 valence electrons. The van der Waals surface area contributed by atoms with Crippen molar-refractivity contribution >= 4 is 0 Å². The lowest BCUT2D eigenvalue weighted by Crippen LogP contribution is -2.29. The van der Waals surface area contributed by atoms with Gasteiger partial charge in [-0.15, -0.1) is 5.10 Å². The lowest BCUT2D eigenvalue weighted by atomic mass is 10.1. The molecule has 0 saturated heterocycles. The molecule has 7 heteroatoms. The van der Waals surface area contributed by atoms with Crippen LogP contribution in [0, 0.1) is 19.7 Å². The molecule has 3 aromatic rings. The summed E-state index contributed by atoms with van der Waals surface area (Å²) in [4.78, 5) is 11.9. The number of rotatable bonds is 6. The van der Waals surface area contributed by atoms with E-state index in [0.29, 0.717) is 11.3 Å². The maximum absolute atomic E-state index is 13.0. The van der Waals surface area contributed by atoms with E-state index in [1.54, 1.807) is 0 Å². The molecule has 0 aliphatic rings. The Morgan fingerprint density at radius 2 is 1.85 bits per heavy atom. The van der Waals surface area contributed by atoms with Crippen molar-refractivity contribution in [3.05, 3.63) is 70.0 Å². The van der Waals surface area contributed by atoms with Gasteiger partial charge in [0.15, 0.2) is 0 Å². The predicted octanol–water partition coefficient (Wildman–Crippen LogP) is 2.70. The van der Waals surface area contributed by atoms with Crippen LogP contribution in [0.5, 0.6) is 5.75 Å². The minimum absolute atomic E-state index is 0.0108. The van der Waals surface area contributed by atoms with Crippen LogP contribution < -0.4 is 10.5 Å². The van der Waals surface area contributed by atoms with Crippen molar-refractivity contribution in [3.63, 3.8) is 0 Å². The van der Waals surface area contributed by atoms with Crippen molar-refractivity contribution in [1.82, 2.24) is 9.78 Å². The van der Waals surface area contributed by atoms with Gasteiger partial charge in [-0.2, -0.15) is 4.68 Å². The summed E-state index contributed by atoms with van der Waals surface area (Å²) in [6, 6.07) is 11.2. The first kappa shape index (κ1) is 17.9. The Balaban J connectivity index is 1.67. The number of hydrogen-bond donors (Lipinski definition) is 1. The molecule has 0 bridgehead atoms. The number of para-hydroxylation sites is 1. The highest BCUT2D eigenvalue weighted by atomic mass is 19.1. The third-order valence-electron chi connectivity index (χ3n) is 3.91. The zero-order valence-electron chi connectivity index (χ0n) is 14.5. The quantitative estimate of drug-likeness (QED) is 0.733. The molecular formula is C19H19FN2O4. The molecule has 0 unspecified atom stereocenters. The van der Waals surface area contributed by atoms with Gasteiger partial charge < -0.3 is 14.3 Å². The van der Waals surface area contributed by atoms with Gasteiger partial charge in [-0.25, -0.2) is 9.18 Å². The second-order valence-electron chi connectivity index (χ2n) is 6.05. The molecule has 1 aromatic heterocycles. The number of halogens is 1. The minimum Gasteiger partial charge on any atom is -0.490 e. The first-order valence-corrected chi connectivity index (χ1v) is 8.15. The van der Waals surface area contributed by atoms with E-state index >= 15 is 0 Å². The third kappa shape index (κ3) is 4.00. The van der Waals surface area contributed by atoms with Crippen LogP contribution in [0.15, 0.2) is 51.7 Å². The first-order valence-electron chi connectivity index (χ1n) is 8.15. The Morgan fingerprint density at radius 3 is 2.50 bits per heavy atom. The molecule has 2 aromatic carbocycles. The van der Waals surface area contributed by atoms with Gasteiger partial charge in [0.1, 0.15) is 24.3 Å². The van der Waals surface area contributed by atoms with Gasteiger partial charge in [0, 0.05) is 5.56 Å². The van der Waals surface area contributed by atoms with Gasteiger partial charge in [0.25, 0.3) is 0 Å². The zero-order chi connectivity index (χ0) is 18.7. The second kappa shape index (κ2) is 7.53. The van der Waals surface area contributed by atoms with E-state index in [-0.39, 0.29) is 19.0 Å². The number of hydrogen-bond acceptors (Lipinski definition) is 5. The van der Waals surface area contributed by atoms with Crippen molar-refractivity contribution < 1.29 is 18.7 Å². The summed E-state index contributed by atoms with van der Waals surface area (Å²) < 4.78 is 24.7. The van der Waals surface area contributed by atoms with Gasteiger partial charge in [0.2, 0.25) is 5.89 Å². The molecule has 0 saturated carbocycles. The van der Waals surface area contributed by atoms with Crippen LogP contribution in [0.4, 0.5) is 4.39 Å². The number of aliphatic hydroxyl groups excluding tert-OH is 1. The average molecular weight is 358 g/mol. The van der Waals surface area contributed by atoms with Gasteiger partial charge in [0.05, 0.1) is 6.54 Å². The molecule has 0 aliphatic carbocycles. The first-order chi connectivity index (χ1) is 12.4. The van der Waals surface area contributed by atoms with E-state index in [1.165, 1.54) is 24.3 Å². The summed E-state index contributed by atoms with van der Waals surface area (Å²) in [7, 11) is 0. The zero-order valence-corrected chi connectivity index (χ0v) is 14.5. The highest BCUT2D eigenvalue weighted by molar-refractivity contribution is 5.51. The summed E-state index contributed by atoms with van der Waals surface area (Å²) >= 11 is 0. The normalized spacial score (nSPS) is 12.2. The van der Waals surface area contributed by atoms with Gasteiger partial charge >= 0.3 is 5.76 Å². The third-order valence-corrected chi connectivity index (χ3v) is 3.91. The van der Waals surface area contributed by atoms with Gasteiger partial charge in [-0.3, -0.25) is 0 Å². The molecule has 0 amide bonds. The van der Waals surface area contributed by atoms with Crippen LogP contribution in [0.1, 0.15) is 11.1 Å². The van der Waals surface area contributed by atoms with Gasteiger partial charge in [-0.1, -0.05) is 18.2 Å². The van der Waals surface area contributed by atoms with Crippen molar-refractivity contribution in [1.29, 1.82) is 0 Å². The number of ether oxygens (including phenoxy) is 1. The summed E-state index contributed by atoms with van der Waals surface area (Å²) in [5, 5.41) is 14.2. The van der Waals surface area contributed by atoms with Crippen molar-refractivity contribution in [2.24, 2.45) is 0 Å². The van der Waals surface area contributed by atoms with E-state index in [9.17, 15) is 14.3 Å². The van der Waals surface area contributed by atoms with E-state index in [4.69, 9.17) is 9.15 Å². The topological polar surface area (TPSA) is 77.5 Å². The number of aryl methyl sites for hydroxylation is 2. The largest absolute Gasteiger partial charge is 0.490 e. The number of aliphatic hydroxyl groups is 1. The average Bonchev–Trinajstić information content (AvgIpc) is 2.95. The number of nitrogens with zero attached hydrogens (tertiary/aromatic N) is 2. The van der Waals surface area contributed by atoms with Crippen LogP contribution in [-0.2, 0) is 6.54 Å². The van der Waals surface area contributed by atoms with Crippen LogP contribution in [-0.4, -0.2) is 27.6 Å². The van der Waals surface area contributed by atoms with E-state index in [2.05, 4.69) is 5.10 Å². The molecule has 1 heterocycles. The fourth-order valence-electron chi connectivity index (χ4n) is 2.59. The maximum atomic E-state index is 13.0. The summed E-state index contributed by atoms with van der Waals surface area (Å²) in [5.41, 5.74) is 2.41. The molecule has 0 fully saturated rings. The fourth-order valence-corrected chi connectivity index (χ4v) is 2.59. The molecule has 0 spiro atoms. The summed E-state index contributed by atoms with van der Waals surface area (Å²) in [6.45, 7) is 3.78. The summed E-state index contributed by atoms with van der Waals surface area (Å²) in [5.74, 6) is -0.311. The Kier molecular flexibility index (Phi) is 5.18. The maximum Gasteiger partial charge on any atom is 0.437 e. The Hall–Kier alpha value is -2.93. The molecule has 0 radical (unpaired) electrons. The fraction of sp³-hybridized carbons (Fsp3) is 0.263. The molecular weight excluding hydrogens is 339 g/mol. The lowest BCUT2D eigenvalue weighted by Gasteiger charge is -2.15. The van der Waals surface area contributed by atoms with Crippen LogP contribution in [0.3, 0.4) is 0 Å². The second-order valence-corrected chi connectivity index (χ2v) is 6.05. The highest BCUT2D eigenvalue weighted by Crippen LogP contribution is 2.22. The van der Waals surface area contributed by atoms with E-state index < -0.39 is 17.7 Å². The SMILES string of the molecule is Cc1cccc(C)c1OC[C@@H](O)Cn1nc(-c2ccc(F)cc2)oc1=O. The Morgan fingerprint density at radius 1 is 1.19 bits per heavy atom. The molecule has 26 heavy (non-hydrogen) atoms. The molecule has 0 aliphatic heterocycles. The van der Waals surface area contributed by atoms with E-state index in [0.717, 1.165) is 15.8 Å². The number of aromatic nitrogens is 2. The summed E-state index contributed by atoms with van der Waals surface area (Å²) in [6.07, 6.45) is -0.946. The monoisotopic (exact) mass is 358 g/mol. The predicted molar refractivity (Wildman–Crippen MR) is 93.6 cm³/mol. The van der Waals surface area contributed by atoms with Crippen molar-refractivity contribution in [2.75, 3.05) is 6.61 Å². The Bertz CT molecular complexity index is 927. The molecule has 1 atom stereocenters. The van der Waals surface area contributed by atoms with Gasteiger partial charge in [-0.05, 0) is 49.2 Å². The van der Waals surface area contributed by atoms with Crippen LogP contribution in [0.2, 0.25) is 0 Å². The molecule has 3 rings (SSSR count). The minimum atomic E-state index is -0.946. The van der Waals surface area contributed by atoms with Crippen LogP contribution >= 0.6 is 0 Å². The number of benzene rings is 2. The lowest BCUT2D eigenvalue weighted by molar-refractivity contribution is 0.0869. The molecule has 1 N–H and O–H groups in total. The van der Waals surface area contributed by atoms with Crippen LogP contribution in [0.25, 0.3) is 11.5 Å². The Labute approximate surface area is 149 Å². The molecule has 6 nitrogen and oxygen atoms in total.